The van der Waals surface area contributed by atoms with Gasteiger partial charge in [0.2, 0.25) is 5.91 Å². The molecule has 0 bridgehead atoms. The van der Waals surface area contributed by atoms with Gasteiger partial charge in [-0.2, -0.15) is 5.10 Å². The van der Waals surface area contributed by atoms with Gasteiger partial charge in [0.1, 0.15) is 0 Å². The molecule has 0 radical (unpaired) electrons. The van der Waals surface area contributed by atoms with E-state index >= 15 is 0 Å². The molecule has 3 atom stereocenters. The number of carbonyl (C=O) groups excluding carboxylic acids is 1. The van der Waals surface area contributed by atoms with E-state index in [2.05, 4.69) is 10.4 Å². The summed E-state index contributed by atoms with van der Waals surface area (Å²) in [5.41, 5.74) is 0. The molecule has 1 heterocycles. The van der Waals surface area contributed by atoms with Crippen molar-refractivity contribution in [2.45, 2.75) is 51.1 Å². The second kappa shape index (κ2) is 5.53. The first kappa shape index (κ1) is 13.0. The van der Waals surface area contributed by atoms with Crippen LogP contribution in [0.5, 0.6) is 0 Å². The smallest absolute Gasteiger partial charge is 0.222 e. The molecule has 1 N–H and O–H groups in total. The van der Waals surface area contributed by atoms with E-state index < -0.39 is 0 Å². The largest absolute Gasteiger partial charge is 0.353 e. The molecule has 19 heavy (non-hydrogen) atoms. The van der Waals surface area contributed by atoms with Crippen LogP contribution in [0.2, 0.25) is 5.02 Å². The lowest BCUT2D eigenvalue weighted by Gasteiger charge is -2.20. The maximum atomic E-state index is 12.0. The van der Waals surface area contributed by atoms with E-state index in [-0.39, 0.29) is 5.91 Å². The molecule has 0 aromatic carbocycles. The van der Waals surface area contributed by atoms with Crippen molar-refractivity contribution in [2.75, 3.05) is 0 Å². The van der Waals surface area contributed by atoms with Gasteiger partial charge in [0.05, 0.1) is 11.2 Å². The minimum atomic E-state index is 0.143. The maximum Gasteiger partial charge on any atom is 0.222 e. The minimum Gasteiger partial charge on any atom is -0.353 e. The summed E-state index contributed by atoms with van der Waals surface area (Å²) >= 11 is 5.79. The quantitative estimate of drug-likeness (QED) is 0.922. The number of nitrogens with one attached hydrogen (secondary N) is 1. The summed E-state index contributed by atoms with van der Waals surface area (Å²) in [7, 11) is 0. The van der Waals surface area contributed by atoms with E-state index in [1.54, 1.807) is 17.1 Å². The summed E-state index contributed by atoms with van der Waals surface area (Å²) in [5, 5.41) is 7.91. The predicted molar refractivity (Wildman–Crippen MR) is 73.8 cm³/mol. The minimum absolute atomic E-state index is 0.143. The third kappa shape index (κ3) is 2.94. The molecule has 2 aliphatic carbocycles. The van der Waals surface area contributed by atoms with Gasteiger partial charge in [-0.05, 0) is 31.1 Å². The third-order valence-electron chi connectivity index (χ3n) is 4.60. The molecule has 0 spiro atoms. The molecule has 4 nitrogen and oxygen atoms in total. The van der Waals surface area contributed by atoms with Crippen molar-refractivity contribution >= 4 is 17.5 Å². The molecule has 0 saturated heterocycles. The monoisotopic (exact) mass is 281 g/mol. The number of halogens is 1. The third-order valence-corrected chi connectivity index (χ3v) is 4.79. The predicted octanol–water partition coefficient (Wildman–Crippen LogP) is 2.62. The normalized spacial score (nSPS) is 29.4. The van der Waals surface area contributed by atoms with Gasteiger partial charge in [-0.1, -0.05) is 24.4 Å². The van der Waals surface area contributed by atoms with Crippen LogP contribution in [0.25, 0.3) is 0 Å². The van der Waals surface area contributed by atoms with E-state index in [1.807, 2.05) is 0 Å². The van der Waals surface area contributed by atoms with Crippen molar-refractivity contribution in [1.29, 1.82) is 0 Å². The first-order chi connectivity index (χ1) is 9.22. The number of fused-ring (bicyclic) bond motifs is 1. The molecule has 104 valence electrons. The van der Waals surface area contributed by atoms with E-state index in [0.717, 1.165) is 18.3 Å². The topological polar surface area (TPSA) is 46.9 Å². The Bertz CT molecular complexity index is 459. The van der Waals surface area contributed by atoms with Crippen molar-refractivity contribution in [3.8, 4) is 0 Å². The zero-order chi connectivity index (χ0) is 13.2. The van der Waals surface area contributed by atoms with Crippen molar-refractivity contribution in [3.05, 3.63) is 17.4 Å². The number of aryl methyl sites for hydroxylation is 1. The van der Waals surface area contributed by atoms with Crippen molar-refractivity contribution in [2.24, 2.45) is 11.8 Å². The van der Waals surface area contributed by atoms with Crippen molar-refractivity contribution < 1.29 is 4.79 Å². The van der Waals surface area contributed by atoms with Crippen LogP contribution in [0.3, 0.4) is 0 Å². The standard InChI is InChI=1S/C14H20ClN3O/c15-11-8-16-18(9-11)7-6-14(19)17-13-5-4-10-2-1-3-12(10)13/h8-10,12-13H,1-7H2,(H,17,19)/t10-,12-,13-/m1/s1. The van der Waals surface area contributed by atoms with Crippen LogP contribution in [0.15, 0.2) is 12.4 Å². The molecule has 5 heteroatoms. The highest BCUT2D eigenvalue weighted by molar-refractivity contribution is 6.30. The highest BCUT2D eigenvalue weighted by atomic mass is 35.5. The molecule has 1 aromatic rings. The van der Waals surface area contributed by atoms with E-state index in [1.165, 1.54) is 25.7 Å². The Morgan fingerprint density at radius 1 is 1.42 bits per heavy atom. The second-order valence-electron chi connectivity index (χ2n) is 5.78. The molecular formula is C14H20ClN3O. The Morgan fingerprint density at radius 3 is 3.11 bits per heavy atom. The van der Waals surface area contributed by atoms with Crippen molar-refractivity contribution in [1.82, 2.24) is 15.1 Å². The van der Waals surface area contributed by atoms with Gasteiger partial charge in [0.15, 0.2) is 0 Å². The number of rotatable bonds is 4. The average molecular weight is 282 g/mol. The lowest BCUT2D eigenvalue weighted by Crippen LogP contribution is -2.38. The second-order valence-corrected chi connectivity index (χ2v) is 6.21. The zero-order valence-electron chi connectivity index (χ0n) is 11.0. The molecule has 3 rings (SSSR count). The van der Waals surface area contributed by atoms with E-state index in [4.69, 9.17) is 11.6 Å². The van der Waals surface area contributed by atoms with E-state index in [0.29, 0.717) is 24.0 Å². The molecular weight excluding hydrogens is 262 g/mol. The summed E-state index contributed by atoms with van der Waals surface area (Å²) in [5.74, 6) is 1.75. The van der Waals surface area contributed by atoms with Gasteiger partial charge >= 0.3 is 0 Å². The molecule has 0 unspecified atom stereocenters. The first-order valence-corrected chi connectivity index (χ1v) is 7.57. The lowest BCUT2D eigenvalue weighted by molar-refractivity contribution is -0.122. The van der Waals surface area contributed by atoms with Crippen LogP contribution in [-0.2, 0) is 11.3 Å². The Morgan fingerprint density at radius 2 is 2.32 bits per heavy atom. The molecule has 2 fully saturated rings. The molecule has 1 amide bonds. The van der Waals surface area contributed by atoms with Gasteiger partial charge in [0.25, 0.3) is 0 Å². The van der Waals surface area contributed by atoms with Crippen LogP contribution >= 0.6 is 11.6 Å². The number of hydrogen-bond acceptors (Lipinski definition) is 2. The number of aromatic nitrogens is 2. The number of nitrogens with zero attached hydrogens (tertiary/aromatic N) is 2. The van der Waals surface area contributed by atoms with Gasteiger partial charge in [-0.3, -0.25) is 9.48 Å². The summed E-state index contributed by atoms with van der Waals surface area (Å²) in [6.45, 7) is 0.597. The zero-order valence-corrected chi connectivity index (χ0v) is 11.8. The average Bonchev–Trinajstić information content (AvgIpc) is 3.05. The molecule has 2 aliphatic rings. The first-order valence-electron chi connectivity index (χ1n) is 7.19. The van der Waals surface area contributed by atoms with Gasteiger partial charge in [0, 0.05) is 25.2 Å². The number of carbonyl (C=O) groups is 1. The molecule has 2 saturated carbocycles. The SMILES string of the molecule is O=C(CCn1cc(Cl)cn1)N[C@@H]1CC[C@H]2CCC[C@H]21. The fourth-order valence-electron chi connectivity index (χ4n) is 3.70. The Labute approximate surface area is 118 Å². The fraction of sp³-hybridized carbons (Fsp3) is 0.714. The Kier molecular flexibility index (Phi) is 3.78. The fourth-order valence-corrected chi connectivity index (χ4v) is 3.85. The number of amides is 1. The molecule has 1 aromatic heterocycles. The Balaban J connectivity index is 1.46. The van der Waals surface area contributed by atoms with Gasteiger partial charge < -0.3 is 5.32 Å². The highest BCUT2D eigenvalue weighted by Crippen LogP contribution is 2.43. The van der Waals surface area contributed by atoms with Crippen LogP contribution < -0.4 is 5.32 Å². The highest BCUT2D eigenvalue weighted by Gasteiger charge is 2.39. The summed E-state index contributed by atoms with van der Waals surface area (Å²) in [6.07, 6.45) is 10.3. The van der Waals surface area contributed by atoms with Crippen LogP contribution in [0.4, 0.5) is 0 Å². The van der Waals surface area contributed by atoms with Crippen LogP contribution in [-0.4, -0.2) is 21.7 Å². The summed E-state index contributed by atoms with van der Waals surface area (Å²) in [4.78, 5) is 12.0. The van der Waals surface area contributed by atoms with Gasteiger partial charge in [-0.15, -0.1) is 0 Å². The van der Waals surface area contributed by atoms with Crippen molar-refractivity contribution in [3.63, 3.8) is 0 Å². The number of hydrogen-bond donors (Lipinski definition) is 1. The van der Waals surface area contributed by atoms with Crippen LogP contribution in [0.1, 0.15) is 38.5 Å². The summed E-state index contributed by atoms with van der Waals surface area (Å²) in [6, 6.07) is 0.418. The molecule has 0 aliphatic heterocycles. The van der Waals surface area contributed by atoms with Crippen LogP contribution in [0, 0.1) is 11.8 Å². The van der Waals surface area contributed by atoms with Gasteiger partial charge in [-0.25, -0.2) is 0 Å². The van der Waals surface area contributed by atoms with E-state index in [9.17, 15) is 4.79 Å². The lowest BCUT2D eigenvalue weighted by atomic mass is 9.97. The maximum absolute atomic E-state index is 12.0. The Hall–Kier alpha value is -1.03. The summed E-state index contributed by atoms with van der Waals surface area (Å²) < 4.78 is 1.72.